The highest BCUT2D eigenvalue weighted by Gasteiger charge is 2.19. The molecule has 0 aliphatic rings. The van der Waals surface area contributed by atoms with E-state index in [9.17, 15) is 9.18 Å². The fraction of sp³-hybridized carbons (Fsp3) is 0. The molecule has 0 fully saturated rings. The molecular formula is C18H10Cl2FN5O. The van der Waals surface area contributed by atoms with Crippen molar-refractivity contribution in [2.45, 2.75) is 0 Å². The molecule has 4 rings (SSSR count). The minimum Gasteiger partial charge on any atom is -0.271 e. The maximum Gasteiger partial charge on any atom is 0.283 e. The summed E-state index contributed by atoms with van der Waals surface area (Å²) in [7, 11) is 0. The molecule has 0 radical (unpaired) electrons. The summed E-state index contributed by atoms with van der Waals surface area (Å²) in [5.74, 6) is -0.913. The molecule has 1 aromatic carbocycles. The lowest BCUT2D eigenvalue weighted by Gasteiger charge is -2.08. The Morgan fingerprint density at radius 3 is 2.63 bits per heavy atom. The maximum atomic E-state index is 13.6. The molecule has 0 aliphatic carbocycles. The third kappa shape index (κ3) is 3.34. The summed E-state index contributed by atoms with van der Waals surface area (Å²) in [6.07, 6.45) is 7.50. The van der Waals surface area contributed by atoms with E-state index in [2.05, 4.69) is 15.1 Å². The second-order valence-electron chi connectivity index (χ2n) is 5.59. The molecule has 27 heavy (non-hydrogen) atoms. The summed E-state index contributed by atoms with van der Waals surface area (Å²) >= 11 is 12.0. The third-order valence-electron chi connectivity index (χ3n) is 3.82. The first-order valence-corrected chi connectivity index (χ1v) is 8.47. The van der Waals surface area contributed by atoms with Gasteiger partial charge in [0, 0.05) is 30.4 Å². The number of aromatic nitrogens is 5. The maximum absolute atomic E-state index is 13.6. The van der Waals surface area contributed by atoms with E-state index in [1.54, 1.807) is 18.3 Å². The number of hydrogen-bond donors (Lipinski definition) is 0. The van der Waals surface area contributed by atoms with Gasteiger partial charge in [-0.2, -0.15) is 5.10 Å². The van der Waals surface area contributed by atoms with Gasteiger partial charge in [-0.3, -0.25) is 14.3 Å². The van der Waals surface area contributed by atoms with E-state index in [0.29, 0.717) is 22.0 Å². The molecule has 0 aliphatic heterocycles. The van der Waals surface area contributed by atoms with Gasteiger partial charge in [-0.05, 0) is 30.3 Å². The molecule has 0 unspecified atom stereocenters. The standard InChI is InChI=1S/C18H10Cl2FN5O/c19-12-5-11(8-23-9-12)17-7-16(18(27)25-4-3-22-10-25)24-26(17)13-1-2-15(21)14(20)6-13/h1-10H. The molecule has 134 valence electrons. The van der Waals surface area contributed by atoms with Crippen LogP contribution in [0.5, 0.6) is 0 Å². The normalized spacial score (nSPS) is 10.9. The first-order chi connectivity index (χ1) is 13.0. The van der Waals surface area contributed by atoms with Gasteiger partial charge in [0.05, 0.1) is 21.4 Å². The van der Waals surface area contributed by atoms with E-state index in [0.717, 1.165) is 0 Å². The Hall–Kier alpha value is -3.03. The lowest BCUT2D eigenvalue weighted by molar-refractivity contribution is 0.0954. The number of imidazole rings is 1. The first-order valence-electron chi connectivity index (χ1n) is 7.72. The first kappa shape index (κ1) is 17.4. The predicted octanol–water partition coefficient (Wildman–Crippen LogP) is 4.27. The van der Waals surface area contributed by atoms with Gasteiger partial charge >= 0.3 is 0 Å². The van der Waals surface area contributed by atoms with Crippen LogP contribution in [-0.2, 0) is 0 Å². The second-order valence-corrected chi connectivity index (χ2v) is 6.44. The molecule has 0 saturated heterocycles. The molecule has 0 amide bonds. The third-order valence-corrected chi connectivity index (χ3v) is 4.31. The van der Waals surface area contributed by atoms with Crippen LogP contribution in [0.25, 0.3) is 16.9 Å². The zero-order valence-electron chi connectivity index (χ0n) is 13.6. The zero-order chi connectivity index (χ0) is 19.0. The van der Waals surface area contributed by atoms with Crippen LogP contribution in [0.4, 0.5) is 4.39 Å². The van der Waals surface area contributed by atoms with Gasteiger partial charge in [-0.25, -0.2) is 14.1 Å². The molecule has 0 spiro atoms. The lowest BCUT2D eigenvalue weighted by atomic mass is 10.2. The molecule has 0 bridgehead atoms. The number of carbonyl (C=O) groups is 1. The number of rotatable bonds is 3. The van der Waals surface area contributed by atoms with Crippen molar-refractivity contribution in [3.8, 4) is 16.9 Å². The van der Waals surface area contributed by atoms with E-state index >= 15 is 0 Å². The summed E-state index contributed by atoms with van der Waals surface area (Å²) < 4.78 is 16.4. The largest absolute Gasteiger partial charge is 0.283 e. The highest BCUT2D eigenvalue weighted by atomic mass is 35.5. The highest BCUT2D eigenvalue weighted by Crippen LogP contribution is 2.27. The lowest BCUT2D eigenvalue weighted by Crippen LogP contribution is -2.11. The molecule has 3 aromatic heterocycles. The molecule has 6 nitrogen and oxygen atoms in total. The van der Waals surface area contributed by atoms with Gasteiger partial charge < -0.3 is 0 Å². The van der Waals surface area contributed by atoms with Crippen LogP contribution in [0.15, 0.2) is 61.4 Å². The SMILES string of the molecule is O=C(c1cc(-c2cncc(Cl)c2)n(-c2ccc(F)c(Cl)c2)n1)n1ccnc1. The molecule has 0 saturated carbocycles. The van der Waals surface area contributed by atoms with Crippen molar-refractivity contribution in [2.24, 2.45) is 0 Å². The highest BCUT2D eigenvalue weighted by molar-refractivity contribution is 6.31. The summed E-state index contributed by atoms with van der Waals surface area (Å²) in [5.41, 5.74) is 1.85. The van der Waals surface area contributed by atoms with Crippen molar-refractivity contribution < 1.29 is 9.18 Å². The quantitative estimate of drug-likeness (QED) is 0.514. The minimum atomic E-state index is -0.548. The average molecular weight is 402 g/mol. The van der Waals surface area contributed by atoms with E-state index in [-0.39, 0.29) is 16.6 Å². The van der Waals surface area contributed by atoms with Crippen molar-refractivity contribution in [3.63, 3.8) is 0 Å². The Morgan fingerprint density at radius 2 is 1.93 bits per heavy atom. The molecule has 0 atom stereocenters. The van der Waals surface area contributed by atoms with Crippen molar-refractivity contribution >= 4 is 29.1 Å². The van der Waals surface area contributed by atoms with Crippen molar-refractivity contribution in [1.82, 2.24) is 24.3 Å². The fourth-order valence-electron chi connectivity index (χ4n) is 2.57. The Labute approximate surface area is 162 Å². The monoisotopic (exact) mass is 401 g/mol. The van der Waals surface area contributed by atoms with E-state index in [1.807, 2.05) is 0 Å². The number of nitrogens with zero attached hydrogens (tertiary/aromatic N) is 5. The average Bonchev–Trinajstić information content (AvgIpc) is 3.33. The summed E-state index contributed by atoms with van der Waals surface area (Å²) in [6.45, 7) is 0. The number of carbonyl (C=O) groups excluding carboxylic acids is 1. The Kier molecular flexibility index (Phi) is 4.47. The van der Waals surface area contributed by atoms with Crippen LogP contribution in [0.3, 0.4) is 0 Å². The summed E-state index contributed by atoms with van der Waals surface area (Å²) in [5, 5.41) is 4.76. The van der Waals surface area contributed by atoms with E-state index in [4.69, 9.17) is 23.2 Å². The van der Waals surface area contributed by atoms with Crippen LogP contribution in [-0.4, -0.2) is 30.2 Å². The minimum absolute atomic E-state index is 0.0549. The van der Waals surface area contributed by atoms with E-state index in [1.165, 1.54) is 52.4 Å². The molecule has 0 N–H and O–H groups in total. The predicted molar refractivity (Wildman–Crippen MR) is 98.7 cm³/mol. The Balaban J connectivity index is 1.90. The van der Waals surface area contributed by atoms with Crippen molar-refractivity contribution in [1.29, 1.82) is 0 Å². The Morgan fingerprint density at radius 1 is 1.07 bits per heavy atom. The van der Waals surface area contributed by atoms with Crippen LogP contribution in [0, 0.1) is 5.82 Å². The van der Waals surface area contributed by atoms with Gasteiger partial charge in [0.25, 0.3) is 5.91 Å². The van der Waals surface area contributed by atoms with Gasteiger partial charge in [0.1, 0.15) is 12.1 Å². The molecule has 4 aromatic rings. The number of benzene rings is 1. The molecule has 3 heterocycles. The number of hydrogen-bond acceptors (Lipinski definition) is 4. The molecular weight excluding hydrogens is 392 g/mol. The van der Waals surface area contributed by atoms with Gasteiger partial charge in [0.2, 0.25) is 0 Å². The van der Waals surface area contributed by atoms with Crippen LogP contribution in [0.1, 0.15) is 10.5 Å². The summed E-state index contributed by atoms with van der Waals surface area (Å²) in [6, 6.07) is 7.47. The van der Waals surface area contributed by atoms with Crippen LogP contribution < -0.4 is 0 Å². The summed E-state index contributed by atoms with van der Waals surface area (Å²) in [4.78, 5) is 20.6. The Bertz CT molecular complexity index is 1140. The topological polar surface area (TPSA) is 65.6 Å². The smallest absolute Gasteiger partial charge is 0.271 e. The van der Waals surface area contributed by atoms with Crippen LogP contribution in [0.2, 0.25) is 10.0 Å². The van der Waals surface area contributed by atoms with E-state index < -0.39 is 5.82 Å². The molecule has 9 heteroatoms. The number of pyridine rings is 1. The van der Waals surface area contributed by atoms with Crippen molar-refractivity contribution in [3.05, 3.63) is 83.0 Å². The van der Waals surface area contributed by atoms with Gasteiger partial charge in [-0.1, -0.05) is 23.2 Å². The van der Waals surface area contributed by atoms with Crippen LogP contribution >= 0.6 is 23.2 Å². The number of halogens is 3. The van der Waals surface area contributed by atoms with Gasteiger partial charge in [0.15, 0.2) is 5.69 Å². The van der Waals surface area contributed by atoms with Crippen molar-refractivity contribution in [2.75, 3.05) is 0 Å². The zero-order valence-corrected chi connectivity index (χ0v) is 15.1. The fourth-order valence-corrected chi connectivity index (χ4v) is 2.92. The van der Waals surface area contributed by atoms with Gasteiger partial charge in [-0.15, -0.1) is 0 Å². The second kappa shape index (κ2) is 6.94.